The van der Waals surface area contributed by atoms with Gasteiger partial charge in [0.2, 0.25) is 0 Å². The number of hydrogen-bond donors (Lipinski definition) is 1. The molecule has 5 nitrogen and oxygen atoms in total. The quantitative estimate of drug-likeness (QED) is 0.380. The van der Waals surface area contributed by atoms with Crippen LogP contribution in [0.3, 0.4) is 0 Å². The van der Waals surface area contributed by atoms with Crippen LogP contribution in [0.1, 0.15) is 22.5 Å². The number of benzene rings is 2. The number of oxime groups is 1. The number of hydrogen-bond acceptors (Lipinski definition) is 5. The number of aryl methyl sites for hydroxylation is 2. The highest BCUT2D eigenvalue weighted by molar-refractivity contribution is 9.10. The van der Waals surface area contributed by atoms with E-state index in [1.54, 1.807) is 12.1 Å². The fourth-order valence-corrected chi connectivity index (χ4v) is 2.93. The molecule has 128 valence electrons. The first-order valence-electron chi connectivity index (χ1n) is 7.68. The molecule has 0 spiro atoms. The number of aromatic nitrogens is 2. The normalized spacial score (nSPS) is 11.7. The molecule has 0 amide bonds. The standard InChI is InChI=1S/C18H15BrFN3O2/c19-14-10-13(6-8-15(14)20)11-17(21-24)18-16(22-25-23-18)9-7-12-4-2-1-3-5-12/h1-6,8,10,24H,7,9,11H2. The van der Waals surface area contributed by atoms with Gasteiger partial charge in [-0.2, -0.15) is 0 Å². The van der Waals surface area contributed by atoms with Gasteiger partial charge in [0, 0.05) is 6.42 Å². The number of halogens is 2. The molecular weight excluding hydrogens is 389 g/mol. The topological polar surface area (TPSA) is 71.5 Å². The highest BCUT2D eigenvalue weighted by Gasteiger charge is 2.18. The molecule has 0 saturated carbocycles. The molecule has 0 fully saturated rings. The summed E-state index contributed by atoms with van der Waals surface area (Å²) in [5.41, 5.74) is 3.30. The maximum absolute atomic E-state index is 13.4. The first-order valence-corrected chi connectivity index (χ1v) is 8.47. The summed E-state index contributed by atoms with van der Waals surface area (Å²) in [6.45, 7) is 0. The Bertz CT molecular complexity index is 881. The zero-order valence-corrected chi connectivity index (χ0v) is 14.8. The Balaban J connectivity index is 1.75. The molecule has 0 aliphatic rings. The Morgan fingerprint density at radius 2 is 1.88 bits per heavy atom. The van der Waals surface area contributed by atoms with Crippen LogP contribution in [0.4, 0.5) is 4.39 Å². The van der Waals surface area contributed by atoms with Gasteiger partial charge in [0.15, 0.2) is 5.69 Å². The van der Waals surface area contributed by atoms with E-state index in [1.165, 1.54) is 11.6 Å². The summed E-state index contributed by atoms with van der Waals surface area (Å²) >= 11 is 3.15. The highest BCUT2D eigenvalue weighted by Crippen LogP contribution is 2.19. The summed E-state index contributed by atoms with van der Waals surface area (Å²) in [7, 11) is 0. The zero-order valence-electron chi connectivity index (χ0n) is 13.2. The van der Waals surface area contributed by atoms with Gasteiger partial charge in [-0.05, 0) is 57.2 Å². The lowest BCUT2D eigenvalue weighted by atomic mass is 10.0. The Kier molecular flexibility index (Phi) is 5.55. The van der Waals surface area contributed by atoms with E-state index in [-0.39, 0.29) is 12.2 Å². The molecule has 0 aliphatic heterocycles. The minimum absolute atomic E-state index is 0.280. The van der Waals surface area contributed by atoms with Crippen molar-refractivity contribution in [1.29, 1.82) is 0 Å². The van der Waals surface area contributed by atoms with Crippen molar-refractivity contribution in [3.8, 4) is 0 Å². The van der Waals surface area contributed by atoms with Crippen molar-refractivity contribution < 1.29 is 14.2 Å². The third kappa shape index (κ3) is 4.30. The second kappa shape index (κ2) is 8.02. The SMILES string of the molecule is ON=C(Cc1ccc(F)c(Br)c1)c1nonc1CCc1ccccc1. The zero-order chi connectivity index (χ0) is 17.6. The summed E-state index contributed by atoms with van der Waals surface area (Å²) < 4.78 is 18.5. The van der Waals surface area contributed by atoms with Gasteiger partial charge in [0.25, 0.3) is 0 Å². The van der Waals surface area contributed by atoms with Crippen LogP contribution in [-0.2, 0) is 19.3 Å². The summed E-state index contributed by atoms with van der Waals surface area (Å²) in [5.74, 6) is -0.349. The van der Waals surface area contributed by atoms with E-state index < -0.39 is 0 Å². The molecule has 1 N–H and O–H groups in total. The molecule has 0 bridgehead atoms. The fourth-order valence-electron chi connectivity index (χ4n) is 2.51. The molecule has 3 rings (SSSR count). The molecule has 2 aromatic carbocycles. The summed E-state index contributed by atoms with van der Waals surface area (Å²) in [6.07, 6.45) is 1.65. The van der Waals surface area contributed by atoms with E-state index in [0.29, 0.717) is 28.0 Å². The van der Waals surface area contributed by atoms with Crippen molar-refractivity contribution in [1.82, 2.24) is 10.3 Å². The van der Waals surface area contributed by atoms with Crippen LogP contribution in [0.5, 0.6) is 0 Å². The van der Waals surface area contributed by atoms with Crippen LogP contribution in [0.25, 0.3) is 0 Å². The smallest absolute Gasteiger partial charge is 0.156 e. The van der Waals surface area contributed by atoms with Crippen molar-refractivity contribution in [3.05, 3.63) is 81.3 Å². The lowest BCUT2D eigenvalue weighted by Gasteiger charge is -2.05. The van der Waals surface area contributed by atoms with Crippen molar-refractivity contribution in [3.63, 3.8) is 0 Å². The Labute approximate surface area is 152 Å². The molecule has 0 unspecified atom stereocenters. The molecule has 0 saturated heterocycles. The summed E-state index contributed by atoms with van der Waals surface area (Å²) in [6, 6.07) is 14.6. The Morgan fingerprint density at radius 3 is 2.60 bits per heavy atom. The second-order valence-corrected chi connectivity index (χ2v) is 6.37. The summed E-state index contributed by atoms with van der Waals surface area (Å²) in [4.78, 5) is 0. The third-order valence-electron chi connectivity index (χ3n) is 3.80. The molecule has 1 aromatic heterocycles. The van der Waals surface area contributed by atoms with Crippen molar-refractivity contribution in [2.75, 3.05) is 0 Å². The van der Waals surface area contributed by atoms with Gasteiger partial charge in [0.1, 0.15) is 17.2 Å². The van der Waals surface area contributed by atoms with Crippen LogP contribution < -0.4 is 0 Å². The van der Waals surface area contributed by atoms with Gasteiger partial charge in [-0.3, -0.25) is 0 Å². The lowest BCUT2D eigenvalue weighted by Crippen LogP contribution is -2.10. The van der Waals surface area contributed by atoms with Gasteiger partial charge in [-0.25, -0.2) is 9.02 Å². The van der Waals surface area contributed by atoms with E-state index in [1.807, 2.05) is 30.3 Å². The number of rotatable bonds is 6. The largest absolute Gasteiger partial charge is 0.411 e. The minimum atomic E-state index is -0.349. The van der Waals surface area contributed by atoms with E-state index in [2.05, 4.69) is 31.4 Å². The maximum Gasteiger partial charge on any atom is 0.156 e. The van der Waals surface area contributed by atoms with Gasteiger partial charge in [-0.1, -0.05) is 46.7 Å². The fraction of sp³-hybridized carbons (Fsp3) is 0.167. The molecule has 0 atom stereocenters. The first-order chi connectivity index (χ1) is 12.2. The van der Waals surface area contributed by atoms with E-state index in [9.17, 15) is 9.60 Å². The van der Waals surface area contributed by atoms with Crippen LogP contribution in [-0.4, -0.2) is 21.2 Å². The van der Waals surface area contributed by atoms with E-state index in [0.717, 1.165) is 12.0 Å². The maximum atomic E-state index is 13.4. The van der Waals surface area contributed by atoms with Gasteiger partial charge in [-0.15, -0.1) is 0 Å². The van der Waals surface area contributed by atoms with Crippen molar-refractivity contribution in [2.24, 2.45) is 5.16 Å². The van der Waals surface area contributed by atoms with Gasteiger partial charge < -0.3 is 5.21 Å². The highest BCUT2D eigenvalue weighted by atomic mass is 79.9. The molecule has 7 heteroatoms. The molecule has 25 heavy (non-hydrogen) atoms. The molecule has 0 radical (unpaired) electrons. The first kappa shape index (κ1) is 17.3. The van der Waals surface area contributed by atoms with Crippen LogP contribution >= 0.6 is 15.9 Å². The Morgan fingerprint density at radius 1 is 1.08 bits per heavy atom. The molecule has 3 aromatic rings. The average molecular weight is 404 g/mol. The van der Waals surface area contributed by atoms with E-state index in [4.69, 9.17) is 4.63 Å². The lowest BCUT2D eigenvalue weighted by molar-refractivity contribution is 0.300. The predicted molar refractivity (Wildman–Crippen MR) is 94.3 cm³/mol. The molecule has 1 heterocycles. The van der Waals surface area contributed by atoms with Crippen LogP contribution in [0.2, 0.25) is 0 Å². The number of nitrogens with zero attached hydrogens (tertiary/aromatic N) is 3. The Hall–Kier alpha value is -2.54. The van der Waals surface area contributed by atoms with Crippen LogP contribution in [0.15, 0.2) is 62.8 Å². The van der Waals surface area contributed by atoms with Crippen molar-refractivity contribution >= 4 is 21.6 Å². The van der Waals surface area contributed by atoms with Gasteiger partial charge >= 0.3 is 0 Å². The minimum Gasteiger partial charge on any atom is -0.411 e. The molecule has 0 aliphatic carbocycles. The van der Waals surface area contributed by atoms with Gasteiger partial charge in [0.05, 0.1) is 4.47 Å². The summed E-state index contributed by atoms with van der Waals surface area (Å²) in [5, 5.41) is 20.5. The third-order valence-corrected chi connectivity index (χ3v) is 4.41. The second-order valence-electron chi connectivity index (χ2n) is 5.52. The van der Waals surface area contributed by atoms with E-state index >= 15 is 0 Å². The monoisotopic (exact) mass is 403 g/mol. The molecular formula is C18H15BrFN3O2. The van der Waals surface area contributed by atoms with Crippen LogP contribution in [0, 0.1) is 5.82 Å². The average Bonchev–Trinajstić information content (AvgIpc) is 3.10. The van der Waals surface area contributed by atoms with Crippen molar-refractivity contribution in [2.45, 2.75) is 19.3 Å². The predicted octanol–water partition coefficient (Wildman–Crippen LogP) is 4.18.